The summed E-state index contributed by atoms with van der Waals surface area (Å²) in [5, 5.41) is 15.8. The maximum atomic E-state index is 12.2. The van der Waals surface area contributed by atoms with E-state index in [1.54, 1.807) is 0 Å². The standard InChI is InChI=1S/C16H31N3O2/c20-11-10-19(12-15-8-5-9-17-15)13-16(21)18-14-6-3-1-2-4-7-14/h14-15,17,20H,1-13H2,(H,18,21). The van der Waals surface area contributed by atoms with Gasteiger partial charge in [0.15, 0.2) is 0 Å². The van der Waals surface area contributed by atoms with Gasteiger partial charge in [0.2, 0.25) is 5.91 Å². The minimum atomic E-state index is 0.115. The molecule has 2 fully saturated rings. The van der Waals surface area contributed by atoms with Gasteiger partial charge in [-0.3, -0.25) is 9.69 Å². The van der Waals surface area contributed by atoms with E-state index in [0.29, 0.717) is 25.2 Å². The highest BCUT2D eigenvalue weighted by atomic mass is 16.3. The topological polar surface area (TPSA) is 64.6 Å². The monoisotopic (exact) mass is 297 g/mol. The number of hydrogen-bond acceptors (Lipinski definition) is 4. The highest BCUT2D eigenvalue weighted by Crippen LogP contribution is 2.17. The van der Waals surface area contributed by atoms with Gasteiger partial charge in [0.25, 0.3) is 0 Å². The molecule has 1 amide bonds. The number of nitrogens with one attached hydrogen (secondary N) is 2. The maximum absolute atomic E-state index is 12.2. The quantitative estimate of drug-likeness (QED) is 0.610. The molecule has 122 valence electrons. The summed E-state index contributed by atoms with van der Waals surface area (Å²) in [4.78, 5) is 14.3. The molecule has 0 bridgehead atoms. The van der Waals surface area contributed by atoms with Gasteiger partial charge in [-0.05, 0) is 32.2 Å². The molecule has 0 radical (unpaired) electrons. The van der Waals surface area contributed by atoms with Crippen LogP contribution in [-0.2, 0) is 4.79 Å². The van der Waals surface area contributed by atoms with Gasteiger partial charge in [-0.15, -0.1) is 0 Å². The third kappa shape index (κ3) is 6.32. The van der Waals surface area contributed by atoms with Gasteiger partial charge in [0.1, 0.15) is 0 Å². The predicted octanol–water partition coefficient (Wildman–Crippen LogP) is 0.872. The Hall–Kier alpha value is -0.650. The van der Waals surface area contributed by atoms with Crippen molar-refractivity contribution in [1.82, 2.24) is 15.5 Å². The van der Waals surface area contributed by atoms with Gasteiger partial charge in [0, 0.05) is 25.2 Å². The average Bonchev–Trinajstić information content (AvgIpc) is 2.82. The number of carbonyl (C=O) groups excluding carboxylic acids is 1. The van der Waals surface area contributed by atoms with Crippen LogP contribution in [0, 0.1) is 0 Å². The molecule has 1 saturated heterocycles. The molecular formula is C16H31N3O2. The first-order valence-corrected chi connectivity index (χ1v) is 8.64. The Morgan fingerprint density at radius 1 is 1.14 bits per heavy atom. The molecule has 1 aliphatic heterocycles. The number of aliphatic hydroxyl groups excluding tert-OH is 1. The van der Waals surface area contributed by atoms with Crippen molar-refractivity contribution in [3.8, 4) is 0 Å². The van der Waals surface area contributed by atoms with E-state index in [0.717, 1.165) is 25.9 Å². The molecule has 0 aromatic heterocycles. The summed E-state index contributed by atoms with van der Waals surface area (Å²) >= 11 is 0. The van der Waals surface area contributed by atoms with Gasteiger partial charge in [0.05, 0.1) is 13.2 Å². The third-order valence-electron chi connectivity index (χ3n) is 4.64. The Morgan fingerprint density at radius 3 is 2.52 bits per heavy atom. The number of nitrogens with zero attached hydrogens (tertiary/aromatic N) is 1. The molecule has 1 aliphatic carbocycles. The van der Waals surface area contributed by atoms with E-state index in [9.17, 15) is 9.90 Å². The molecule has 1 saturated carbocycles. The fraction of sp³-hybridized carbons (Fsp3) is 0.938. The molecule has 21 heavy (non-hydrogen) atoms. The summed E-state index contributed by atoms with van der Waals surface area (Å²) in [6.07, 6.45) is 9.70. The van der Waals surface area contributed by atoms with Gasteiger partial charge in [-0.2, -0.15) is 0 Å². The summed E-state index contributed by atoms with van der Waals surface area (Å²) in [5.41, 5.74) is 0. The lowest BCUT2D eigenvalue weighted by atomic mass is 10.1. The Bertz CT molecular complexity index is 298. The van der Waals surface area contributed by atoms with Crippen molar-refractivity contribution in [2.75, 3.05) is 32.8 Å². The van der Waals surface area contributed by atoms with Crippen LogP contribution in [0.5, 0.6) is 0 Å². The third-order valence-corrected chi connectivity index (χ3v) is 4.64. The summed E-state index contributed by atoms with van der Waals surface area (Å²) in [6.45, 7) is 3.04. The van der Waals surface area contributed by atoms with Crippen molar-refractivity contribution >= 4 is 5.91 Å². The second-order valence-electron chi connectivity index (χ2n) is 6.51. The van der Waals surface area contributed by atoms with Crippen molar-refractivity contribution in [3.63, 3.8) is 0 Å². The Kier molecular flexibility index (Phi) is 7.47. The van der Waals surface area contributed by atoms with Gasteiger partial charge >= 0.3 is 0 Å². The SMILES string of the molecule is O=C(CN(CCO)CC1CCCN1)NC1CCCCCC1. The molecule has 0 aromatic carbocycles. The van der Waals surface area contributed by atoms with Crippen molar-refractivity contribution in [2.45, 2.75) is 63.5 Å². The molecule has 1 heterocycles. The van der Waals surface area contributed by atoms with Crippen LogP contribution in [0.2, 0.25) is 0 Å². The zero-order valence-electron chi connectivity index (χ0n) is 13.1. The summed E-state index contributed by atoms with van der Waals surface area (Å²) in [6, 6.07) is 0.836. The van der Waals surface area contributed by atoms with Crippen LogP contribution in [0.1, 0.15) is 51.4 Å². The van der Waals surface area contributed by atoms with Crippen LogP contribution in [0.3, 0.4) is 0 Å². The van der Waals surface area contributed by atoms with E-state index in [4.69, 9.17) is 0 Å². The minimum Gasteiger partial charge on any atom is -0.395 e. The van der Waals surface area contributed by atoms with Crippen molar-refractivity contribution < 1.29 is 9.90 Å². The highest BCUT2D eigenvalue weighted by molar-refractivity contribution is 5.78. The first kappa shape index (κ1) is 16.7. The number of amides is 1. The van der Waals surface area contributed by atoms with Crippen molar-refractivity contribution in [2.24, 2.45) is 0 Å². The van der Waals surface area contributed by atoms with Crippen LogP contribution in [0.25, 0.3) is 0 Å². The summed E-state index contributed by atoms with van der Waals surface area (Å²) < 4.78 is 0. The van der Waals surface area contributed by atoms with E-state index in [-0.39, 0.29) is 12.5 Å². The smallest absolute Gasteiger partial charge is 0.234 e. The van der Waals surface area contributed by atoms with Crippen LogP contribution in [0.4, 0.5) is 0 Å². The van der Waals surface area contributed by atoms with E-state index in [2.05, 4.69) is 15.5 Å². The first-order chi connectivity index (χ1) is 10.3. The van der Waals surface area contributed by atoms with E-state index in [1.807, 2.05) is 0 Å². The molecule has 5 heteroatoms. The lowest BCUT2D eigenvalue weighted by Gasteiger charge is -2.25. The molecule has 2 rings (SSSR count). The molecule has 1 atom stereocenters. The van der Waals surface area contributed by atoms with Crippen molar-refractivity contribution in [3.05, 3.63) is 0 Å². The maximum Gasteiger partial charge on any atom is 0.234 e. The largest absolute Gasteiger partial charge is 0.395 e. The normalized spacial score (nSPS) is 24.2. The predicted molar refractivity (Wildman–Crippen MR) is 84.2 cm³/mol. The van der Waals surface area contributed by atoms with E-state index in [1.165, 1.54) is 38.5 Å². The second kappa shape index (κ2) is 9.38. The van der Waals surface area contributed by atoms with Crippen LogP contribution in [-0.4, -0.2) is 60.8 Å². The lowest BCUT2D eigenvalue weighted by Crippen LogP contribution is -2.46. The molecule has 1 unspecified atom stereocenters. The summed E-state index contributed by atoms with van der Waals surface area (Å²) in [5.74, 6) is 0.119. The van der Waals surface area contributed by atoms with E-state index >= 15 is 0 Å². The summed E-state index contributed by atoms with van der Waals surface area (Å²) in [7, 11) is 0. The number of aliphatic hydroxyl groups is 1. The van der Waals surface area contributed by atoms with Crippen LogP contribution < -0.4 is 10.6 Å². The number of rotatable bonds is 7. The van der Waals surface area contributed by atoms with E-state index < -0.39 is 0 Å². The molecular weight excluding hydrogens is 266 g/mol. The fourth-order valence-electron chi connectivity index (χ4n) is 3.50. The van der Waals surface area contributed by atoms with Crippen LogP contribution in [0.15, 0.2) is 0 Å². The Labute approximate surface area is 128 Å². The van der Waals surface area contributed by atoms with Crippen LogP contribution >= 0.6 is 0 Å². The molecule has 0 aromatic rings. The lowest BCUT2D eigenvalue weighted by molar-refractivity contribution is -0.123. The van der Waals surface area contributed by atoms with Gasteiger partial charge in [-0.25, -0.2) is 0 Å². The highest BCUT2D eigenvalue weighted by Gasteiger charge is 2.21. The minimum absolute atomic E-state index is 0.115. The molecule has 5 nitrogen and oxygen atoms in total. The van der Waals surface area contributed by atoms with Gasteiger partial charge in [-0.1, -0.05) is 25.7 Å². The number of carbonyl (C=O) groups is 1. The average molecular weight is 297 g/mol. The zero-order chi connectivity index (χ0) is 14.9. The molecule has 3 N–H and O–H groups in total. The Balaban J connectivity index is 1.73. The van der Waals surface area contributed by atoms with Crippen molar-refractivity contribution in [1.29, 1.82) is 0 Å². The fourth-order valence-corrected chi connectivity index (χ4v) is 3.50. The zero-order valence-corrected chi connectivity index (χ0v) is 13.1. The second-order valence-corrected chi connectivity index (χ2v) is 6.51. The molecule has 2 aliphatic rings. The Morgan fingerprint density at radius 2 is 1.90 bits per heavy atom. The number of hydrogen-bond donors (Lipinski definition) is 3. The first-order valence-electron chi connectivity index (χ1n) is 8.64. The van der Waals surface area contributed by atoms with Gasteiger partial charge < -0.3 is 15.7 Å². The molecule has 0 spiro atoms.